The molecule has 0 bridgehead atoms. The van der Waals surface area contributed by atoms with Gasteiger partial charge < -0.3 is 10.2 Å². The highest BCUT2D eigenvalue weighted by Gasteiger charge is 2.31. The van der Waals surface area contributed by atoms with Gasteiger partial charge in [-0.25, -0.2) is 0 Å². The molecule has 0 aliphatic rings. The number of rotatable bonds is 4. The lowest BCUT2D eigenvalue weighted by atomic mass is 10.0. The molecule has 0 aromatic heterocycles. The summed E-state index contributed by atoms with van der Waals surface area (Å²) in [6.45, 7) is 1.38. The number of likely N-dealkylation sites (N-methyl/N-ethyl adjacent to an activating group) is 1. The summed E-state index contributed by atoms with van der Waals surface area (Å²) in [5.41, 5.74) is 0. The molecule has 1 unspecified atom stereocenters. The smallest absolute Gasteiger partial charge is 0.321 e. The topological polar surface area (TPSA) is 77.8 Å². The van der Waals surface area contributed by atoms with Gasteiger partial charge in [0.15, 0.2) is 0 Å². The standard InChI is InChI=1S/C7H13NO4/c1-4(6(9)10)5(7(11)12)8(2)3/h4-5H,1-3H3,(H,9,10)(H,11,12)/t4?,5-/m0/s1. The molecule has 5 nitrogen and oxygen atoms in total. The van der Waals surface area contributed by atoms with E-state index in [2.05, 4.69) is 0 Å². The molecule has 0 fully saturated rings. The van der Waals surface area contributed by atoms with Crippen molar-refractivity contribution in [1.29, 1.82) is 0 Å². The van der Waals surface area contributed by atoms with Gasteiger partial charge in [0.2, 0.25) is 0 Å². The van der Waals surface area contributed by atoms with Crippen molar-refractivity contribution in [2.24, 2.45) is 5.92 Å². The monoisotopic (exact) mass is 175 g/mol. The Hall–Kier alpha value is -1.10. The summed E-state index contributed by atoms with van der Waals surface area (Å²) in [5, 5.41) is 17.2. The average Bonchev–Trinajstić information content (AvgIpc) is 1.85. The highest BCUT2D eigenvalue weighted by Crippen LogP contribution is 2.08. The summed E-state index contributed by atoms with van der Waals surface area (Å²) in [5.74, 6) is -3.12. The molecule has 0 saturated heterocycles. The van der Waals surface area contributed by atoms with E-state index in [1.54, 1.807) is 0 Å². The van der Waals surface area contributed by atoms with Crippen LogP contribution in [0.2, 0.25) is 0 Å². The molecule has 2 N–H and O–H groups in total. The van der Waals surface area contributed by atoms with Crippen LogP contribution in [0.4, 0.5) is 0 Å². The van der Waals surface area contributed by atoms with Crippen LogP contribution >= 0.6 is 0 Å². The van der Waals surface area contributed by atoms with Crippen molar-refractivity contribution < 1.29 is 19.8 Å². The van der Waals surface area contributed by atoms with E-state index >= 15 is 0 Å². The number of carboxylic acids is 2. The summed E-state index contributed by atoms with van der Waals surface area (Å²) in [4.78, 5) is 22.4. The SMILES string of the molecule is CC(C(=O)O)[C@@H](C(=O)O)N(C)C. The molecule has 0 rings (SSSR count). The molecule has 2 atom stereocenters. The molecule has 0 radical (unpaired) electrons. The predicted octanol–water partition coefficient (Wildman–Crippen LogP) is -0.278. The highest BCUT2D eigenvalue weighted by atomic mass is 16.4. The molecule has 0 spiro atoms. The third-order valence-electron chi connectivity index (χ3n) is 1.67. The Morgan fingerprint density at radius 1 is 1.17 bits per heavy atom. The Bertz CT molecular complexity index is 190. The molecule has 70 valence electrons. The Kier molecular flexibility index (Phi) is 3.69. The van der Waals surface area contributed by atoms with Crippen molar-refractivity contribution in [1.82, 2.24) is 4.90 Å². The number of carboxylic acid groups (broad SMARTS) is 2. The van der Waals surface area contributed by atoms with Gasteiger partial charge in [-0.3, -0.25) is 14.5 Å². The Morgan fingerprint density at radius 3 is 1.67 bits per heavy atom. The highest BCUT2D eigenvalue weighted by molar-refractivity contribution is 5.82. The predicted molar refractivity (Wildman–Crippen MR) is 41.9 cm³/mol. The molecule has 0 amide bonds. The maximum absolute atomic E-state index is 10.6. The number of hydrogen-bond donors (Lipinski definition) is 2. The van der Waals surface area contributed by atoms with Crippen LogP contribution in [-0.2, 0) is 9.59 Å². The van der Waals surface area contributed by atoms with Crippen LogP contribution in [0.5, 0.6) is 0 Å². The number of hydrogen-bond acceptors (Lipinski definition) is 3. The first-order chi connectivity index (χ1) is 5.37. The van der Waals surface area contributed by atoms with Crippen LogP contribution in [-0.4, -0.2) is 47.2 Å². The third kappa shape index (κ3) is 2.50. The molecule has 5 heteroatoms. The lowest BCUT2D eigenvalue weighted by Crippen LogP contribution is -2.43. The fourth-order valence-electron chi connectivity index (χ4n) is 1.02. The summed E-state index contributed by atoms with van der Waals surface area (Å²) in [7, 11) is 3.08. The van der Waals surface area contributed by atoms with Gasteiger partial charge in [0, 0.05) is 0 Å². The van der Waals surface area contributed by atoms with Crippen LogP contribution in [0.3, 0.4) is 0 Å². The van der Waals surface area contributed by atoms with E-state index in [1.165, 1.54) is 25.9 Å². The molecule has 0 aliphatic heterocycles. The first-order valence-corrected chi connectivity index (χ1v) is 3.50. The van der Waals surface area contributed by atoms with Gasteiger partial charge in [-0.15, -0.1) is 0 Å². The second-order valence-corrected chi connectivity index (χ2v) is 2.87. The molecule has 12 heavy (non-hydrogen) atoms. The Morgan fingerprint density at radius 2 is 1.58 bits per heavy atom. The number of nitrogens with zero attached hydrogens (tertiary/aromatic N) is 1. The van der Waals surface area contributed by atoms with Crippen molar-refractivity contribution in [2.45, 2.75) is 13.0 Å². The lowest BCUT2D eigenvalue weighted by Gasteiger charge is -2.23. The maximum Gasteiger partial charge on any atom is 0.321 e. The first kappa shape index (κ1) is 10.9. The van der Waals surface area contributed by atoms with Gasteiger partial charge in [0.05, 0.1) is 5.92 Å². The van der Waals surface area contributed by atoms with Gasteiger partial charge in [-0.2, -0.15) is 0 Å². The van der Waals surface area contributed by atoms with Crippen LogP contribution in [0.15, 0.2) is 0 Å². The van der Waals surface area contributed by atoms with E-state index in [9.17, 15) is 9.59 Å². The van der Waals surface area contributed by atoms with Crippen LogP contribution < -0.4 is 0 Å². The van der Waals surface area contributed by atoms with Crippen molar-refractivity contribution in [3.05, 3.63) is 0 Å². The van der Waals surface area contributed by atoms with Crippen molar-refractivity contribution in [3.63, 3.8) is 0 Å². The van der Waals surface area contributed by atoms with E-state index in [-0.39, 0.29) is 0 Å². The normalized spacial score (nSPS) is 15.7. The van der Waals surface area contributed by atoms with E-state index in [4.69, 9.17) is 10.2 Å². The van der Waals surface area contributed by atoms with Crippen LogP contribution in [0, 0.1) is 5.92 Å². The molecular formula is C7H13NO4. The zero-order valence-corrected chi connectivity index (χ0v) is 7.31. The molecule has 0 aromatic rings. The van der Waals surface area contributed by atoms with Gasteiger partial charge in [-0.05, 0) is 21.0 Å². The quantitative estimate of drug-likeness (QED) is 0.614. The van der Waals surface area contributed by atoms with Gasteiger partial charge in [0.25, 0.3) is 0 Å². The molecule has 0 aromatic carbocycles. The number of carbonyl (C=O) groups is 2. The van der Waals surface area contributed by atoms with Gasteiger partial charge >= 0.3 is 11.9 Å². The maximum atomic E-state index is 10.6. The fraction of sp³-hybridized carbons (Fsp3) is 0.714. The van der Waals surface area contributed by atoms with Crippen molar-refractivity contribution in [3.8, 4) is 0 Å². The summed E-state index contributed by atoms with van der Waals surface area (Å²) >= 11 is 0. The third-order valence-corrected chi connectivity index (χ3v) is 1.67. The zero-order valence-electron chi connectivity index (χ0n) is 7.31. The van der Waals surface area contributed by atoms with Crippen LogP contribution in [0.1, 0.15) is 6.92 Å². The minimum atomic E-state index is -1.12. The minimum Gasteiger partial charge on any atom is -0.481 e. The second kappa shape index (κ2) is 4.06. The molecular weight excluding hydrogens is 162 g/mol. The summed E-state index contributed by atoms with van der Waals surface area (Å²) in [6.07, 6.45) is 0. The summed E-state index contributed by atoms with van der Waals surface area (Å²) < 4.78 is 0. The Balaban J connectivity index is 4.51. The lowest BCUT2D eigenvalue weighted by molar-refractivity contribution is -0.153. The zero-order chi connectivity index (χ0) is 9.89. The van der Waals surface area contributed by atoms with Crippen molar-refractivity contribution in [2.75, 3.05) is 14.1 Å². The van der Waals surface area contributed by atoms with E-state index in [0.717, 1.165) is 0 Å². The van der Waals surface area contributed by atoms with E-state index in [0.29, 0.717) is 0 Å². The second-order valence-electron chi connectivity index (χ2n) is 2.87. The average molecular weight is 175 g/mol. The Labute approximate surface area is 70.6 Å². The van der Waals surface area contributed by atoms with E-state index < -0.39 is 23.9 Å². The minimum absolute atomic E-state index is 0.905. The van der Waals surface area contributed by atoms with Gasteiger partial charge in [-0.1, -0.05) is 0 Å². The fourth-order valence-corrected chi connectivity index (χ4v) is 1.02. The molecule has 0 saturated carbocycles. The molecule has 0 aliphatic carbocycles. The van der Waals surface area contributed by atoms with Gasteiger partial charge in [0.1, 0.15) is 6.04 Å². The summed E-state index contributed by atoms with van der Waals surface area (Å²) in [6, 6.07) is -0.970. The number of aliphatic carboxylic acids is 2. The van der Waals surface area contributed by atoms with Crippen LogP contribution in [0.25, 0.3) is 0 Å². The molecule has 0 heterocycles. The largest absolute Gasteiger partial charge is 0.481 e. The first-order valence-electron chi connectivity index (χ1n) is 3.50. The van der Waals surface area contributed by atoms with E-state index in [1.807, 2.05) is 0 Å². The van der Waals surface area contributed by atoms with Crippen molar-refractivity contribution >= 4 is 11.9 Å².